The zero-order valence-corrected chi connectivity index (χ0v) is 73.7. The number of para-hydroxylation sites is 1. The van der Waals surface area contributed by atoms with Crippen LogP contribution in [0.5, 0.6) is 11.6 Å². The Balaban J connectivity index is 0.659. The van der Waals surface area contributed by atoms with Crippen LogP contribution >= 0.6 is 19.2 Å². The number of phenolic OH excluding ortho intramolecular Hbond substituents is 1. The van der Waals surface area contributed by atoms with E-state index in [9.17, 15) is 33.6 Å². The molecule has 5 aliphatic rings. The highest BCUT2D eigenvalue weighted by atomic mass is 32.1. The first-order chi connectivity index (χ1) is 58.7. The molecule has 8 aromatic rings. The third kappa shape index (κ3) is 21.9. The summed E-state index contributed by atoms with van der Waals surface area (Å²) in [5.74, 6) is -3.64. The molecule has 7 heterocycles. The quantitative estimate of drug-likeness (QED) is 0.0121. The molecular weight excluding hydrogens is 1610 g/mol. The molecular formula is C90H114N15O16PS. The Morgan fingerprint density at radius 2 is 1.39 bits per heavy atom. The number of amides is 8. The number of aromatic hydroxyl groups is 1. The van der Waals surface area contributed by atoms with Crippen molar-refractivity contribution in [3.8, 4) is 44.5 Å². The number of nitrogens with one attached hydrogen (secondary N) is 5. The summed E-state index contributed by atoms with van der Waals surface area (Å²) in [4.78, 5) is 116. The number of piperidine rings is 1. The highest BCUT2D eigenvalue weighted by Gasteiger charge is 2.51. The minimum Gasteiger partial charge on any atom is -0.507 e. The molecule has 5 aromatic carbocycles. The summed E-state index contributed by atoms with van der Waals surface area (Å²) in [6, 6.07) is 37.1. The highest BCUT2D eigenvalue weighted by Crippen LogP contribution is 2.57. The average Bonchev–Trinajstić information content (AvgIpc) is 1.66. The van der Waals surface area contributed by atoms with Crippen LogP contribution in [0.3, 0.4) is 0 Å². The number of primary amides is 1. The molecule has 3 aromatic heterocycles. The second-order valence-corrected chi connectivity index (χ2v) is 37.2. The number of likely N-dealkylation sites (tertiary alicyclic amines) is 2. The SMILES string of the molecule is Cc1ncsc1-c1ccc([C@H](C)NC(=O)[C@@H]2C[C@@H](OP(=O)(OC(C)(C)C)OC(C)(C)C)CN2C(=O)[C@@H](c2cc(OCCN3CCC(N4CCN5c6cc(-c7ccccc7O)nnc6N(C(=O)OC(NC(=O)[C@H](CCCNC(N)=O)NC(=O)[C@@H](NC(=O)OCC6c7ccccc7-c7ccccc76)C(C)C)c6ccccc6)[C@@H](C)[C@@H]5C4)CC3)no2)C(C)C)cc1. The van der Waals surface area contributed by atoms with Crippen LogP contribution in [0.15, 0.2) is 150 Å². The molecule has 1 unspecified atom stereocenters. The molecule has 0 bridgehead atoms. The van der Waals surface area contributed by atoms with Crippen LogP contribution in [0.2, 0.25) is 0 Å². The number of urea groups is 1. The van der Waals surface area contributed by atoms with E-state index in [1.807, 2.05) is 119 Å². The molecule has 4 aliphatic heterocycles. The van der Waals surface area contributed by atoms with Crippen molar-refractivity contribution >= 4 is 72.5 Å². The van der Waals surface area contributed by atoms with Crippen LogP contribution in [-0.2, 0) is 46.8 Å². The van der Waals surface area contributed by atoms with Gasteiger partial charge >= 0.3 is 26.0 Å². The average molecular weight is 1730 g/mol. The van der Waals surface area contributed by atoms with E-state index in [4.69, 9.17) is 43.1 Å². The van der Waals surface area contributed by atoms with Gasteiger partial charge in [0.15, 0.2) is 11.6 Å². The zero-order chi connectivity index (χ0) is 87.8. The van der Waals surface area contributed by atoms with Crippen LogP contribution in [0.25, 0.3) is 32.8 Å². The standard InChI is InChI=1S/C90H114N15O16PS/c1-53(2)77(85(110)104-49-62(119-122(114,120-89(8,9)10)121-90(11,12)13)46-72(104)82(108)94-55(5)58-33-35-59(36-34-58)79-56(6)93-52-123-79)75-48-76(100-118-75)115-45-44-101-40-37-61(38-41-101)102-42-43-103-71-47-70(67-30-21-22-32-74(67)106)98-99-80(71)105(57(7)73(103)50-102)88(113)117-84(60-24-15-14-16-25-60)97-81(107)69(31-23-39-92-86(91)111)95-83(109)78(54(3)4)96-87(112)116-51-68-65-28-19-17-26-63(65)64-27-18-20-29-66(64)68/h14-22,24-30,32-36,47-48,52-55,57,61-62,68-69,72-73,77-78,84,106H,23,31,37-46,49-51H2,1-13H3,(H,94,108)(H,95,109)(H,96,112)(H,97,107)(H3,91,92,111)/t55-,57-,62+,69-,72-,73-,77+,78-,84?/m0/s1. The number of anilines is 2. The van der Waals surface area contributed by atoms with Gasteiger partial charge in [0.05, 0.1) is 62.9 Å². The smallest absolute Gasteiger partial charge is 0.476 e. The lowest BCUT2D eigenvalue weighted by Crippen LogP contribution is -2.66. The minimum atomic E-state index is -4.30. The lowest BCUT2D eigenvalue weighted by Gasteiger charge is -2.53. The van der Waals surface area contributed by atoms with Crippen molar-refractivity contribution in [2.75, 3.05) is 75.4 Å². The summed E-state index contributed by atoms with van der Waals surface area (Å²) in [5, 5.41) is 38.9. The van der Waals surface area contributed by atoms with Crippen LogP contribution in [-0.4, -0.2) is 201 Å². The molecule has 13 rings (SSSR count). The fourth-order valence-electron chi connectivity index (χ4n) is 17.0. The summed E-state index contributed by atoms with van der Waals surface area (Å²) in [6.07, 6.45) is -2.30. The van der Waals surface area contributed by atoms with E-state index in [0.717, 1.165) is 69.9 Å². The van der Waals surface area contributed by atoms with Gasteiger partial charge in [0.2, 0.25) is 29.9 Å². The maximum absolute atomic E-state index is 15.5. The number of phenols is 1. The molecule has 3 fully saturated rings. The number of nitrogens with two attached hydrogens (primary N) is 1. The summed E-state index contributed by atoms with van der Waals surface area (Å²) < 4.78 is 57.5. The molecule has 0 spiro atoms. The molecule has 0 saturated carbocycles. The topological polar surface area (TPSA) is 379 Å². The van der Waals surface area contributed by atoms with Crippen LogP contribution in [0.1, 0.15) is 173 Å². The van der Waals surface area contributed by atoms with E-state index < -0.39 is 115 Å². The van der Waals surface area contributed by atoms with Crippen LogP contribution in [0, 0.1) is 18.8 Å². The van der Waals surface area contributed by atoms with E-state index in [1.165, 1.54) is 9.80 Å². The Morgan fingerprint density at radius 1 is 0.732 bits per heavy atom. The van der Waals surface area contributed by atoms with Crippen molar-refractivity contribution < 1.29 is 75.5 Å². The van der Waals surface area contributed by atoms with Crippen LogP contribution < -0.4 is 46.9 Å². The number of carbonyl (C=O) groups is 7. The largest absolute Gasteiger partial charge is 0.507 e. The number of nitrogens with zero attached hydrogens (tertiary/aromatic N) is 9. The highest BCUT2D eigenvalue weighted by molar-refractivity contribution is 7.48. The molecule has 1 aliphatic carbocycles. The third-order valence-electron chi connectivity index (χ3n) is 23.0. The van der Waals surface area contributed by atoms with Gasteiger partial charge in [-0.2, -0.15) is 0 Å². The Bertz CT molecular complexity index is 5040. The lowest BCUT2D eigenvalue weighted by molar-refractivity contribution is -0.141. The number of hydrogen-bond donors (Lipinski definition) is 7. The van der Waals surface area contributed by atoms with Gasteiger partial charge in [-0.05, 0) is 170 Å². The number of hydrogen-bond acceptors (Lipinski definition) is 24. The maximum atomic E-state index is 15.5. The minimum absolute atomic E-state index is 0.000486. The fraction of sp³-hybridized carbons (Fsp3) is 0.478. The Morgan fingerprint density at radius 3 is 2.02 bits per heavy atom. The number of piperazine rings is 1. The molecule has 3 saturated heterocycles. The van der Waals surface area contributed by atoms with Crippen molar-refractivity contribution in [1.82, 2.24) is 61.6 Å². The van der Waals surface area contributed by atoms with Crippen LogP contribution in [0.4, 0.5) is 25.9 Å². The van der Waals surface area contributed by atoms with E-state index in [0.29, 0.717) is 48.7 Å². The maximum Gasteiger partial charge on any atom is 0.476 e. The first kappa shape index (κ1) is 89.9. The number of fused-ring (bicyclic) bond motifs is 6. The predicted molar refractivity (Wildman–Crippen MR) is 465 cm³/mol. The second kappa shape index (κ2) is 38.9. The number of aryl methyl sites for hydroxylation is 1. The first-order valence-corrected chi connectivity index (χ1v) is 44.6. The van der Waals surface area contributed by atoms with Gasteiger partial charge < -0.3 is 66.0 Å². The van der Waals surface area contributed by atoms with Gasteiger partial charge in [-0.25, -0.2) is 23.9 Å². The monoisotopic (exact) mass is 1720 g/mol. The molecule has 8 amide bonds. The van der Waals surface area contributed by atoms with E-state index in [-0.39, 0.29) is 92.7 Å². The number of aromatic nitrogens is 4. The molecule has 656 valence electrons. The van der Waals surface area contributed by atoms with Gasteiger partial charge in [0, 0.05) is 74.8 Å². The predicted octanol–water partition coefficient (Wildman–Crippen LogP) is 13.3. The van der Waals surface area contributed by atoms with E-state index in [1.54, 1.807) is 127 Å². The summed E-state index contributed by atoms with van der Waals surface area (Å²) in [6.45, 7) is 27.5. The first-order valence-electron chi connectivity index (χ1n) is 42.3. The summed E-state index contributed by atoms with van der Waals surface area (Å²) in [5.41, 5.74) is 14.1. The number of benzene rings is 5. The fourth-order valence-corrected chi connectivity index (χ4v) is 19.8. The number of ether oxygens (including phenoxy) is 3. The molecule has 0 radical (unpaired) electrons. The normalized spacial score (nSPS) is 18.9. The van der Waals surface area contributed by atoms with Gasteiger partial charge in [-0.15, -0.1) is 21.5 Å². The Labute approximate surface area is 721 Å². The number of thiazole rings is 1. The van der Waals surface area contributed by atoms with Gasteiger partial charge in [0.1, 0.15) is 43.0 Å². The van der Waals surface area contributed by atoms with Crippen molar-refractivity contribution in [3.05, 3.63) is 179 Å². The molecule has 123 heavy (non-hydrogen) atoms. The zero-order valence-electron chi connectivity index (χ0n) is 72.0. The Kier molecular flexibility index (Phi) is 28.4. The van der Waals surface area contributed by atoms with Gasteiger partial charge in [0.25, 0.3) is 5.88 Å². The molecule has 9 atom stereocenters. The van der Waals surface area contributed by atoms with E-state index >= 15 is 9.59 Å². The van der Waals surface area contributed by atoms with Gasteiger partial charge in [-0.1, -0.05) is 143 Å². The Hall–Kier alpha value is -10.9. The molecule has 31 nitrogen and oxygen atoms in total. The van der Waals surface area contributed by atoms with Crippen molar-refractivity contribution in [1.29, 1.82) is 0 Å². The number of phosphoric ester groups is 1. The van der Waals surface area contributed by atoms with Crippen molar-refractivity contribution in [2.24, 2.45) is 17.6 Å². The van der Waals surface area contributed by atoms with Crippen molar-refractivity contribution in [2.45, 2.75) is 200 Å². The number of alkyl carbamates (subject to hydrolysis) is 1. The van der Waals surface area contributed by atoms with Crippen molar-refractivity contribution in [3.63, 3.8) is 0 Å². The summed E-state index contributed by atoms with van der Waals surface area (Å²) >= 11 is 1.55. The number of phosphoric acid groups is 1. The molecule has 8 N–H and O–H groups in total. The second-order valence-electron chi connectivity index (χ2n) is 34.8. The van der Waals surface area contributed by atoms with E-state index in [2.05, 4.69) is 56.5 Å². The third-order valence-corrected chi connectivity index (χ3v) is 26.1. The molecule has 33 heteroatoms. The summed E-state index contributed by atoms with van der Waals surface area (Å²) in [7, 11) is -4.30. The number of carbonyl (C=O) groups excluding carboxylic acids is 7. The lowest BCUT2D eigenvalue weighted by atomic mass is 9.91. The van der Waals surface area contributed by atoms with Gasteiger partial charge in [-0.3, -0.25) is 47.4 Å². The number of rotatable bonds is 31.